The molecule has 2 bridgehead atoms. The average Bonchev–Trinajstić information content (AvgIpc) is 3.61. The number of aromatic hydroxyl groups is 1. The molecule has 0 radical (unpaired) electrons. The van der Waals surface area contributed by atoms with E-state index in [2.05, 4.69) is 25.1 Å². The summed E-state index contributed by atoms with van der Waals surface area (Å²) in [6, 6.07) is 3.02. The van der Waals surface area contributed by atoms with Crippen LogP contribution in [0.4, 0.5) is 19.0 Å². The number of piperazine rings is 1. The van der Waals surface area contributed by atoms with Gasteiger partial charge in [-0.05, 0) is 56.6 Å². The van der Waals surface area contributed by atoms with E-state index in [-0.39, 0.29) is 53.0 Å². The second-order valence-corrected chi connectivity index (χ2v) is 13.4. The van der Waals surface area contributed by atoms with Crippen LogP contribution < -0.4 is 15.0 Å². The molecule has 9 rings (SSSR count). The lowest BCUT2D eigenvalue weighted by molar-refractivity contribution is 0.0388. The third-order valence-electron chi connectivity index (χ3n) is 10.6. The van der Waals surface area contributed by atoms with Crippen LogP contribution in [0, 0.1) is 17.6 Å². The summed E-state index contributed by atoms with van der Waals surface area (Å²) in [6.07, 6.45) is 6.80. The minimum absolute atomic E-state index is 0.0470. The van der Waals surface area contributed by atoms with Crippen molar-refractivity contribution in [2.75, 3.05) is 37.7 Å². The maximum Gasteiger partial charge on any atom is 0.319 e. The fourth-order valence-corrected chi connectivity index (χ4v) is 8.17. The number of phenols is 1. The van der Waals surface area contributed by atoms with Crippen LogP contribution in [0.25, 0.3) is 22.2 Å². The van der Waals surface area contributed by atoms with Crippen LogP contribution in [0.15, 0.2) is 18.3 Å². The van der Waals surface area contributed by atoms with Gasteiger partial charge in [-0.1, -0.05) is 13.3 Å². The molecule has 43 heavy (non-hydrogen) atoms. The zero-order valence-electron chi connectivity index (χ0n) is 24.3. The second kappa shape index (κ2) is 10.2. The van der Waals surface area contributed by atoms with Gasteiger partial charge in [-0.25, -0.2) is 13.2 Å². The molecule has 7 heterocycles. The van der Waals surface area contributed by atoms with Crippen LogP contribution in [0.2, 0.25) is 0 Å². The largest absolute Gasteiger partial charge is 0.508 e. The maximum absolute atomic E-state index is 16.7. The van der Waals surface area contributed by atoms with Gasteiger partial charge in [0.25, 0.3) is 0 Å². The number of piperidine rings is 3. The Morgan fingerprint density at radius 2 is 2.02 bits per heavy atom. The maximum atomic E-state index is 16.7. The predicted octanol–water partition coefficient (Wildman–Crippen LogP) is 5.08. The van der Waals surface area contributed by atoms with Gasteiger partial charge in [0.05, 0.1) is 10.9 Å². The Labute approximate surface area is 248 Å². The number of aromatic nitrogens is 3. The number of halogens is 3. The predicted molar refractivity (Wildman–Crippen MR) is 156 cm³/mol. The van der Waals surface area contributed by atoms with Gasteiger partial charge in [-0.15, -0.1) is 0 Å². The van der Waals surface area contributed by atoms with Crippen LogP contribution >= 0.6 is 0 Å². The van der Waals surface area contributed by atoms with Crippen molar-refractivity contribution in [2.24, 2.45) is 5.92 Å². The van der Waals surface area contributed by atoms with Crippen LogP contribution in [-0.4, -0.2) is 81.5 Å². The van der Waals surface area contributed by atoms with E-state index in [0.29, 0.717) is 35.8 Å². The van der Waals surface area contributed by atoms with E-state index >= 15 is 8.78 Å². The normalized spacial score (nSPS) is 31.9. The molecular formula is C32H37F3N6O2. The first-order valence-electron chi connectivity index (χ1n) is 15.7. The number of ether oxygens (including phenoxy) is 1. The van der Waals surface area contributed by atoms with Crippen LogP contribution in [0.3, 0.4) is 0 Å². The van der Waals surface area contributed by atoms with Gasteiger partial charge in [0, 0.05) is 61.5 Å². The highest BCUT2D eigenvalue weighted by molar-refractivity contribution is 5.92. The third kappa shape index (κ3) is 4.61. The number of hydrogen-bond donors (Lipinski definition) is 2. The molecule has 6 fully saturated rings. The fourth-order valence-electron chi connectivity index (χ4n) is 8.17. The van der Waals surface area contributed by atoms with Crippen molar-refractivity contribution >= 4 is 16.7 Å². The highest BCUT2D eigenvalue weighted by Gasteiger charge is 2.48. The third-order valence-corrected chi connectivity index (χ3v) is 10.6. The summed E-state index contributed by atoms with van der Waals surface area (Å²) < 4.78 is 52.7. The Hall–Kier alpha value is -3.18. The molecule has 6 atom stereocenters. The lowest BCUT2D eigenvalue weighted by Gasteiger charge is -2.46. The van der Waals surface area contributed by atoms with E-state index in [0.717, 1.165) is 64.2 Å². The summed E-state index contributed by atoms with van der Waals surface area (Å²) in [4.78, 5) is 18.3. The zero-order valence-corrected chi connectivity index (χ0v) is 24.3. The Morgan fingerprint density at radius 3 is 2.77 bits per heavy atom. The Balaban J connectivity index is 1.24. The highest BCUT2D eigenvalue weighted by atomic mass is 19.1. The van der Waals surface area contributed by atoms with Gasteiger partial charge in [-0.2, -0.15) is 9.97 Å². The number of anilines is 1. The smallest absolute Gasteiger partial charge is 0.319 e. The average molecular weight is 595 g/mol. The molecule has 0 amide bonds. The number of nitrogens with zero attached hydrogens (tertiary/aromatic N) is 5. The quantitative estimate of drug-likeness (QED) is 0.409. The standard InChI is InChI=1S/C32H37F3N6O2/c1-17-8-22(17)26-23(9-21(42)10-25(26)34)28-27(35)29-24(13-37-28)30(41-15-19-4-5-20(41)12-36-19)39-31(38-29)43-16-32-6-2-3-7-40(32)14-18(33)11-32/h9-10,13,17-20,22,36,42H,2-8,11-12,14-16H2,1H3/t17-,18-,19?,20?,22+,32+/m1/s1. The van der Waals surface area contributed by atoms with Crippen LogP contribution in [0.1, 0.15) is 63.4 Å². The molecule has 1 aromatic carbocycles. The summed E-state index contributed by atoms with van der Waals surface area (Å²) in [5.41, 5.74) is 0.195. The lowest BCUT2D eigenvalue weighted by atomic mass is 9.87. The number of pyridine rings is 1. The Kier molecular flexibility index (Phi) is 6.49. The summed E-state index contributed by atoms with van der Waals surface area (Å²) in [5, 5.41) is 14.3. The number of alkyl halides is 1. The van der Waals surface area contributed by atoms with Crippen molar-refractivity contribution in [3.05, 3.63) is 35.5 Å². The van der Waals surface area contributed by atoms with Crippen molar-refractivity contribution in [1.82, 2.24) is 25.2 Å². The highest BCUT2D eigenvalue weighted by Crippen LogP contribution is 2.52. The van der Waals surface area contributed by atoms with Gasteiger partial charge < -0.3 is 20.1 Å². The van der Waals surface area contributed by atoms with Crippen molar-refractivity contribution in [1.29, 1.82) is 0 Å². The number of nitrogens with one attached hydrogen (secondary N) is 1. The molecule has 5 aliphatic heterocycles. The monoisotopic (exact) mass is 594 g/mol. The summed E-state index contributed by atoms with van der Waals surface area (Å²) in [5.74, 6) is -0.778. The summed E-state index contributed by atoms with van der Waals surface area (Å²) >= 11 is 0. The Bertz CT molecular complexity index is 1580. The minimum atomic E-state index is -0.900. The van der Waals surface area contributed by atoms with E-state index in [1.807, 2.05) is 6.92 Å². The summed E-state index contributed by atoms with van der Waals surface area (Å²) in [6.45, 7) is 5.03. The molecule has 6 aliphatic rings. The van der Waals surface area contributed by atoms with E-state index in [1.165, 1.54) is 6.07 Å². The number of fused-ring (bicyclic) bond motifs is 5. The van der Waals surface area contributed by atoms with Gasteiger partial charge in [-0.3, -0.25) is 9.88 Å². The lowest BCUT2D eigenvalue weighted by Crippen LogP contribution is -2.61. The SMILES string of the molecule is C[C@@H]1C[C@@H]1c1c(F)cc(O)cc1-c1ncc2c(N3CC4CCC3CN4)nc(OC[C@@]34CCCCN3C[C@H](F)C4)nc2c1F. The van der Waals surface area contributed by atoms with Crippen molar-refractivity contribution in [2.45, 2.75) is 81.6 Å². The van der Waals surface area contributed by atoms with E-state index in [4.69, 9.17) is 9.72 Å². The van der Waals surface area contributed by atoms with E-state index in [1.54, 1.807) is 6.20 Å². The molecule has 8 nitrogen and oxygen atoms in total. The fraction of sp³-hybridized carbons (Fsp3) is 0.594. The molecule has 5 saturated heterocycles. The molecule has 2 N–H and O–H groups in total. The number of phenolic OH excluding ortho intramolecular Hbond substituents is 1. The summed E-state index contributed by atoms with van der Waals surface area (Å²) in [7, 11) is 0. The molecule has 0 spiro atoms. The molecule has 1 aliphatic carbocycles. The molecule has 228 valence electrons. The second-order valence-electron chi connectivity index (χ2n) is 13.4. The first kappa shape index (κ1) is 27.4. The molecule has 1 saturated carbocycles. The molecule has 11 heteroatoms. The van der Waals surface area contributed by atoms with Crippen LogP contribution in [-0.2, 0) is 0 Å². The first-order valence-corrected chi connectivity index (χ1v) is 15.7. The number of rotatable bonds is 6. The molecular weight excluding hydrogens is 557 g/mol. The van der Waals surface area contributed by atoms with Crippen molar-refractivity contribution in [3.63, 3.8) is 0 Å². The van der Waals surface area contributed by atoms with Gasteiger partial charge in [0.1, 0.15) is 41.4 Å². The van der Waals surface area contributed by atoms with Gasteiger partial charge >= 0.3 is 6.01 Å². The van der Waals surface area contributed by atoms with Crippen molar-refractivity contribution in [3.8, 4) is 23.0 Å². The van der Waals surface area contributed by atoms with E-state index < -0.39 is 23.3 Å². The first-order chi connectivity index (χ1) is 20.8. The Morgan fingerprint density at radius 1 is 1.16 bits per heavy atom. The van der Waals surface area contributed by atoms with E-state index in [9.17, 15) is 9.50 Å². The minimum Gasteiger partial charge on any atom is -0.508 e. The molecule has 3 aromatic rings. The zero-order chi connectivity index (χ0) is 29.5. The topological polar surface area (TPSA) is 86.6 Å². The van der Waals surface area contributed by atoms with Crippen LogP contribution in [0.5, 0.6) is 11.8 Å². The number of benzene rings is 1. The number of hydrogen-bond acceptors (Lipinski definition) is 8. The van der Waals surface area contributed by atoms with Crippen molar-refractivity contribution < 1.29 is 23.0 Å². The molecule has 2 unspecified atom stereocenters. The van der Waals surface area contributed by atoms with Gasteiger partial charge in [0.15, 0.2) is 5.82 Å². The molecule has 2 aromatic heterocycles. The van der Waals surface area contributed by atoms with Gasteiger partial charge in [0.2, 0.25) is 0 Å².